The summed E-state index contributed by atoms with van der Waals surface area (Å²) in [5.41, 5.74) is 3.25. The van der Waals surface area contributed by atoms with Crippen LogP contribution in [0.4, 0.5) is 5.69 Å². The van der Waals surface area contributed by atoms with Gasteiger partial charge in [-0.3, -0.25) is 4.79 Å². The lowest BCUT2D eigenvalue weighted by Gasteiger charge is -2.56. The maximum absolute atomic E-state index is 13.0. The lowest BCUT2D eigenvalue weighted by Crippen LogP contribution is -2.47. The van der Waals surface area contributed by atoms with Crippen LogP contribution in [0.1, 0.15) is 82.9 Å². The summed E-state index contributed by atoms with van der Waals surface area (Å²) in [7, 11) is 0. The van der Waals surface area contributed by atoms with Gasteiger partial charge >= 0.3 is 0 Å². The highest BCUT2D eigenvalue weighted by molar-refractivity contribution is 5.93. The molecule has 0 radical (unpaired) electrons. The Labute approximate surface area is 179 Å². The SMILES string of the molecule is O=C(CC12CC3CC(CC(C3)C1)C2)Nc1ccc2[nH]c(CC3CCCCC3)nc2c1. The monoisotopic (exact) mass is 405 g/mol. The molecule has 0 saturated heterocycles. The number of carbonyl (C=O) groups is 1. The van der Waals surface area contributed by atoms with Crippen LogP contribution in [0.5, 0.6) is 0 Å². The van der Waals surface area contributed by atoms with Gasteiger partial charge in [0.15, 0.2) is 0 Å². The molecule has 5 saturated carbocycles. The van der Waals surface area contributed by atoms with Crippen LogP contribution < -0.4 is 5.32 Å². The van der Waals surface area contributed by atoms with Crippen molar-refractivity contribution < 1.29 is 4.79 Å². The van der Waals surface area contributed by atoms with E-state index in [0.29, 0.717) is 11.8 Å². The van der Waals surface area contributed by atoms with E-state index in [4.69, 9.17) is 4.98 Å². The van der Waals surface area contributed by atoms with Crippen molar-refractivity contribution in [2.24, 2.45) is 29.1 Å². The van der Waals surface area contributed by atoms with Crippen molar-refractivity contribution in [1.29, 1.82) is 0 Å². The number of carbonyl (C=O) groups excluding carboxylic acids is 1. The van der Waals surface area contributed by atoms with Crippen LogP contribution in [-0.4, -0.2) is 15.9 Å². The van der Waals surface area contributed by atoms with Crippen molar-refractivity contribution in [3.63, 3.8) is 0 Å². The number of anilines is 1. The van der Waals surface area contributed by atoms with Crippen LogP contribution in [0.3, 0.4) is 0 Å². The van der Waals surface area contributed by atoms with Gasteiger partial charge in [0.05, 0.1) is 11.0 Å². The van der Waals surface area contributed by atoms with Gasteiger partial charge in [-0.15, -0.1) is 0 Å². The van der Waals surface area contributed by atoms with E-state index in [-0.39, 0.29) is 5.91 Å². The Morgan fingerprint density at radius 2 is 1.73 bits per heavy atom. The molecule has 4 nitrogen and oxygen atoms in total. The van der Waals surface area contributed by atoms with E-state index in [9.17, 15) is 4.79 Å². The zero-order valence-corrected chi connectivity index (χ0v) is 18.1. The highest BCUT2D eigenvalue weighted by atomic mass is 16.1. The van der Waals surface area contributed by atoms with Gasteiger partial charge in [-0.1, -0.05) is 32.1 Å². The first-order chi connectivity index (χ1) is 14.6. The van der Waals surface area contributed by atoms with Crippen LogP contribution >= 0.6 is 0 Å². The van der Waals surface area contributed by atoms with Gasteiger partial charge in [-0.25, -0.2) is 4.98 Å². The molecule has 2 N–H and O–H groups in total. The summed E-state index contributed by atoms with van der Waals surface area (Å²) in [6, 6.07) is 6.16. The van der Waals surface area contributed by atoms with Crippen LogP contribution in [-0.2, 0) is 11.2 Å². The van der Waals surface area contributed by atoms with Gasteiger partial charge in [0, 0.05) is 18.5 Å². The van der Waals surface area contributed by atoms with Crippen molar-refractivity contribution in [3.05, 3.63) is 24.0 Å². The summed E-state index contributed by atoms with van der Waals surface area (Å²) in [6.45, 7) is 0. The molecule has 1 amide bonds. The number of amides is 1. The lowest BCUT2D eigenvalue weighted by molar-refractivity contribution is -0.124. The maximum atomic E-state index is 13.0. The number of H-pyrrole nitrogens is 1. The lowest BCUT2D eigenvalue weighted by atomic mass is 9.49. The molecule has 5 aliphatic carbocycles. The number of hydrogen-bond acceptors (Lipinski definition) is 2. The van der Waals surface area contributed by atoms with E-state index >= 15 is 0 Å². The maximum Gasteiger partial charge on any atom is 0.224 e. The first-order valence-electron chi connectivity index (χ1n) is 12.4. The summed E-state index contributed by atoms with van der Waals surface area (Å²) < 4.78 is 0. The smallest absolute Gasteiger partial charge is 0.224 e. The van der Waals surface area contributed by atoms with Gasteiger partial charge < -0.3 is 10.3 Å². The van der Waals surface area contributed by atoms with Gasteiger partial charge in [-0.2, -0.15) is 0 Å². The molecule has 7 rings (SSSR count). The highest BCUT2D eigenvalue weighted by Crippen LogP contribution is 2.61. The molecular weight excluding hydrogens is 370 g/mol. The standard InChI is InChI=1S/C26H35N3O/c30-25(16-26-13-18-8-19(14-26)10-20(9-18)15-26)27-21-6-7-22-23(12-21)29-24(28-22)11-17-4-2-1-3-5-17/h6-7,12,17-20H,1-5,8-11,13-16H2,(H,27,30)(H,28,29). The minimum Gasteiger partial charge on any atom is -0.342 e. The predicted molar refractivity (Wildman–Crippen MR) is 120 cm³/mol. The minimum absolute atomic E-state index is 0.203. The van der Waals surface area contributed by atoms with Crippen molar-refractivity contribution >= 4 is 22.6 Å². The highest BCUT2D eigenvalue weighted by Gasteiger charge is 2.51. The Kier molecular flexibility index (Phi) is 4.65. The van der Waals surface area contributed by atoms with Gasteiger partial charge in [0.25, 0.3) is 0 Å². The minimum atomic E-state index is 0.203. The second-order valence-electron chi connectivity index (χ2n) is 11.3. The number of aromatic nitrogens is 2. The summed E-state index contributed by atoms with van der Waals surface area (Å²) in [6.07, 6.45) is 16.7. The Morgan fingerprint density at radius 1 is 1.03 bits per heavy atom. The summed E-state index contributed by atoms with van der Waals surface area (Å²) >= 11 is 0. The molecule has 5 aliphatic rings. The molecule has 1 aromatic heterocycles. The molecule has 0 spiro atoms. The second kappa shape index (κ2) is 7.39. The summed E-state index contributed by atoms with van der Waals surface area (Å²) in [5, 5.41) is 3.21. The molecule has 4 heteroatoms. The average Bonchev–Trinajstić information content (AvgIpc) is 3.08. The zero-order valence-electron chi connectivity index (χ0n) is 18.1. The fraction of sp³-hybridized carbons (Fsp3) is 0.692. The topological polar surface area (TPSA) is 57.8 Å². The molecule has 4 bridgehead atoms. The first kappa shape index (κ1) is 18.9. The normalized spacial score (nSPS) is 33.3. The Balaban J connectivity index is 1.12. The Hall–Kier alpha value is -1.84. The number of rotatable bonds is 5. The van der Waals surface area contributed by atoms with Gasteiger partial charge in [-0.05, 0) is 85.8 Å². The van der Waals surface area contributed by atoms with E-state index < -0.39 is 0 Å². The largest absolute Gasteiger partial charge is 0.342 e. The van der Waals surface area contributed by atoms with Crippen LogP contribution in [0.15, 0.2) is 18.2 Å². The summed E-state index contributed by atoms with van der Waals surface area (Å²) in [4.78, 5) is 21.3. The van der Waals surface area contributed by atoms with E-state index in [2.05, 4.69) is 16.4 Å². The molecule has 0 aliphatic heterocycles. The molecule has 1 aromatic carbocycles. The number of benzene rings is 1. The molecule has 30 heavy (non-hydrogen) atoms. The van der Waals surface area contributed by atoms with Gasteiger partial charge in [0.1, 0.15) is 5.82 Å². The van der Waals surface area contributed by atoms with Crippen molar-refractivity contribution in [2.45, 2.75) is 83.5 Å². The first-order valence-corrected chi connectivity index (χ1v) is 12.4. The van der Waals surface area contributed by atoms with Crippen molar-refractivity contribution in [3.8, 4) is 0 Å². The van der Waals surface area contributed by atoms with Crippen molar-refractivity contribution in [2.75, 3.05) is 5.32 Å². The van der Waals surface area contributed by atoms with Crippen molar-refractivity contribution in [1.82, 2.24) is 9.97 Å². The number of imidazole rings is 1. The molecule has 160 valence electrons. The van der Waals surface area contributed by atoms with Gasteiger partial charge in [0.2, 0.25) is 5.91 Å². The molecular formula is C26H35N3O. The number of nitrogens with one attached hydrogen (secondary N) is 2. The number of fused-ring (bicyclic) bond motifs is 1. The number of nitrogens with zero attached hydrogens (tertiary/aromatic N) is 1. The zero-order chi connectivity index (χ0) is 20.1. The molecule has 0 atom stereocenters. The molecule has 5 fully saturated rings. The molecule has 0 unspecified atom stereocenters. The van der Waals surface area contributed by atoms with Crippen LogP contribution in [0.25, 0.3) is 11.0 Å². The fourth-order valence-corrected chi connectivity index (χ4v) is 7.95. The molecule has 2 aromatic rings. The van der Waals surface area contributed by atoms with E-state index in [1.165, 1.54) is 70.6 Å². The van der Waals surface area contributed by atoms with E-state index in [1.807, 2.05) is 12.1 Å². The Morgan fingerprint density at radius 3 is 2.43 bits per heavy atom. The average molecular weight is 406 g/mol. The summed E-state index contributed by atoms with van der Waals surface area (Å²) in [5.74, 6) is 4.77. The quantitative estimate of drug-likeness (QED) is 0.619. The third-order valence-electron chi connectivity index (χ3n) is 8.72. The Bertz CT molecular complexity index is 904. The van der Waals surface area contributed by atoms with Crippen LogP contribution in [0, 0.1) is 29.1 Å². The third-order valence-corrected chi connectivity index (χ3v) is 8.72. The van der Waals surface area contributed by atoms with E-state index in [1.54, 1.807) is 0 Å². The predicted octanol–water partition coefficient (Wildman–Crippen LogP) is 6.23. The second-order valence-corrected chi connectivity index (χ2v) is 11.3. The van der Waals surface area contributed by atoms with Crippen LogP contribution in [0.2, 0.25) is 0 Å². The number of hydrogen-bond donors (Lipinski definition) is 2. The number of aromatic amines is 1. The third kappa shape index (κ3) is 3.67. The fourth-order valence-electron chi connectivity index (χ4n) is 7.95. The van der Waals surface area contributed by atoms with E-state index in [0.717, 1.165) is 52.6 Å². The molecule has 1 heterocycles.